The van der Waals surface area contributed by atoms with E-state index in [4.69, 9.17) is 0 Å². The van der Waals surface area contributed by atoms with Crippen LogP contribution in [0.3, 0.4) is 0 Å². The Labute approximate surface area is 47.4 Å². The first-order valence-electron chi connectivity index (χ1n) is 2.01. The quantitative estimate of drug-likeness (QED) is 0.395. The first-order chi connectivity index (χ1) is 3.68. The van der Waals surface area contributed by atoms with E-state index < -0.39 is 5.91 Å². The molecule has 1 radical (unpaired) electrons. The summed E-state index contributed by atoms with van der Waals surface area (Å²) in [6.45, 7) is 4.79. The zero-order valence-electron chi connectivity index (χ0n) is 4.52. The van der Waals surface area contributed by atoms with Gasteiger partial charge in [-0.1, -0.05) is 6.58 Å². The molecule has 0 heterocycles. The van der Waals surface area contributed by atoms with Crippen LogP contribution in [0.4, 0.5) is 0 Å². The van der Waals surface area contributed by atoms with Crippen molar-refractivity contribution in [3.05, 3.63) is 12.2 Å². The molecule has 0 aromatic carbocycles. The van der Waals surface area contributed by atoms with Crippen molar-refractivity contribution in [2.75, 3.05) is 0 Å². The molecule has 0 unspecified atom stereocenters. The fourth-order valence-corrected chi connectivity index (χ4v) is 0.153. The molecule has 0 bridgehead atoms. The van der Waals surface area contributed by atoms with Gasteiger partial charge in [0.1, 0.15) is 0 Å². The van der Waals surface area contributed by atoms with E-state index >= 15 is 0 Å². The van der Waals surface area contributed by atoms with Crippen molar-refractivity contribution in [2.45, 2.75) is 6.92 Å². The summed E-state index contributed by atoms with van der Waals surface area (Å²) in [7, 11) is 0. The van der Waals surface area contributed by atoms with Crippen molar-refractivity contribution in [1.29, 1.82) is 0 Å². The second-order valence-corrected chi connectivity index (χ2v) is 1.34. The number of hydrogen-bond acceptors (Lipinski definition) is 2. The normalized spacial score (nSPS) is 7.62. The van der Waals surface area contributed by atoms with Crippen molar-refractivity contribution in [3.8, 4) is 0 Å². The Hall–Kier alpha value is -1.12. The number of carbonyl (C=O) groups is 1. The van der Waals surface area contributed by atoms with Crippen molar-refractivity contribution in [2.24, 2.45) is 0 Å². The molecule has 0 aliphatic heterocycles. The van der Waals surface area contributed by atoms with Gasteiger partial charge in [-0.05, 0) is 6.92 Å². The Morgan fingerprint density at radius 3 is 2.38 bits per heavy atom. The fraction of sp³-hybridized carbons (Fsp3) is 0.200. The second-order valence-electron chi connectivity index (χ2n) is 1.34. The highest BCUT2D eigenvalue weighted by Crippen LogP contribution is 1.81. The first kappa shape index (κ1) is 6.88. The van der Waals surface area contributed by atoms with E-state index in [-0.39, 0.29) is 0 Å². The maximum absolute atomic E-state index is 10.3. The number of hydrogen-bond donors (Lipinski definition) is 1. The minimum Gasteiger partial charge on any atom is -0.284 e. The third-order valence-corrected chi connectivity index (χ3v) is 0.552. The number of carbonyl (C=O) groups excluding carboxylic acids is 2. The number of imide groups is 1. The summed E-state index contributed by atoms with van der Waals surface area (Å²) in [5.74, 6) is -0.486. The van der Waals surface area contributed by atoms with Crippen LogP contribution in [-0.4, -0.2) is 12.3 Å². The smallest absolute Gasteiger partial charge is 0.284 e. The summed E-state index contributed by atoms with van der Waals surface area (Å²) in [5.41, 5.74) is 0.299. The predicted molar refractivity (Wildman–Crippen MR) is 28.7 cm³/mol. The van der Waals surface area contributed by atoms with Crippen molar-refractivity contribution in [1.82, 2.24) is 5.32 Å². The van der Waals surface area contributed by atoms with Gasteiger partial charge in [0.05, 0.1) is 0 Å². The minimum absolute atomic E-state index is 0.299. The molecule has 3 heteroatoms. The van der Waals surface area contributed by atoms with E-state index in [1.165, 1.54) is 13.3 Å². The van der Waals surface area contributed by atoms with Gasteiger partial charge in [-0.2, -0.15) is 0 Å². The lowest BCUT2D eigenvalue weighted by Gasteiger charge is -1.89. The van der Waals surface area contributed by atoms with Crippen LogP contribution in [0, 0.1) is 0 Å². The highest BCUT2D eigenvalue weighted by molar-refractivity contribution is 5.98. The van der Waals surface area contributed by atoms with E-state index in [9.17, 15) is 9.59 Å². The molecule has 3 nitrogen and oxygen atoms in total. The molecule has 0 aliphatic rings. The topological polar surface area (TPSA) is 46.2 Å². The Morgan fingerprint density at radius 2 is 2.25 bits per heavy atom. The van der Waals surface area contributed by atoms with E-state index in [0.29, 0.717) is 5.57 Å². The van der Waals surface area contributed by atoms with Crippen LogP contribution in [0.1, 0.15) is 6.92 Å². The van der Waals surface area contributed by atoms with Crippen molar-refractivity contribution >= 4 is 12.3 Å². The number of rotatable bonds is 2. The van der Waals surface area contributed by atoms with Gasteiger partial charge in [-0.25, -0.2) is 0 Å². The van der Waals surface area contributed by atoms with Gasteiger partial charge in [0.15, 0.2) is 0 Å². The van der Waals surface area contributed by atoms with E-state index in [1.807, 2.05) is 0 Å². The summed E-state index contributed by atoms with van der Waals surface area (Å²) >= 11 is 0. The second kappa shape index (κ2) is 2.96. The lowest BCUT2D eigenvalue weighted by molar-refractivity contribution is -0.116. The third kappa shape index (κ3) is 2.12. The lowest BCUT2D eigenvalue weighted by Crippen LogP contribution is -2.21. The van der Waals surface area contributed by atoms with E-state index in [0.717, 1.165) is 0 Å². The van der Waals surface area contributed by atoms with Gasteiger partial charge in [-0.3, -0.25) is 14.9 Å². The Morgan fingerprint density at radius 1 is 1.75 bits per heavy atom. The average Bonchev–Trinajstić information content (AvgIpc) is 1.67. The third-order valence-electron chi connectivity index (χ3n) is 0.552. The molecule has 2 amide bonds. The molecule has 0 aromatic rings. The van der Waals surface area contributed by atoms with Crippen LogP contribution in [0.25, 0.3) is 0 Å². The first-order valence-corrected chi connectivity index (χ1v) is 2.01. The molecule has 0 spiro atoms. The predicted octanol–water partition coefficient (Wildman–Crippen LogP) is -0.254. The number of amides is 2. The Kier molecular flexibility index (Phi) is 2.54. The molecular weight excluding hydrogens is 106 g/mol. The zero-order valence-corrected chi connectivity index (χ0v) is 4.52. The maximum Gasteiger partial charge on any atom is 0.316 e. The minimum atomic E-state index is -0.486. The molecule has 0 saturated carbocycles. The van der Waals surface area contributed by atoms with Gasteiger partial charge in [0.25, 0.3) is 5.91 Å². The van der Waals surface area contributed by atoms with Gasteiger partial charge in [0, 0.05) is 5.57 Å². The zero-order chi connectivity index (χ0) is 6.57. The molecule has 0 saturated heterocycles. The monoisotopic (exact) mass is 112 g/mol. The van der Waals surface area contributed by atoms with Gasteiger partial charge < -0.3 is 0 Å². The summed E-state index contributed by atoms with van der Waals surface area (Å²) in [5, 5.41) is 1.80. The van der Waals surface area contributed by atoms with Crippen LogP contribution >= 0.6 is 0 Å². The summed E-state index contributed by atoms with van der Waals surface area (Å²) < 4.78 is 0. The molecule has 0 atom stereocenters. The maximum atomic E-state index is 10.3. The van der Waals surface area contributed by atoms with Crippen LogP contribution in [0.2, 0.25) is 0 Å². The molecule has 1 N–H and O–H groups in total. The SMILES string of the molecule is C=C(C)C(=O)N[C]=O. The van der Waals surface area contributed by atoms with E-state index in [1.54, 1.807) is 5.32 Å². The summed E-state index contributed by atoms with van der Waals surface area (Å²) in [4.78, 5) is 19.7. The van der Waals surface area contributed by atoms with Crippen LogP contribution in [0.5, 0.6) is 0 Å². The summed E-state index contributed by atoms with van der Waals surface area (Å²) in [6.07, 6.45) is 1.24. The van der Waals surface area contributed by atoms with Crippen molar-refractivity contribution in [3.63, 3.8) is 0 Å². The molecule has 0 rings (SSSR count). The molecule has 0 fully saturated rings. The highest BCUT2D eigenvalue weighted by Gasteiger charge is 1.96. The van der Waals surface area contributed by atoms with Crippen LogP contribution in [0.15, 0.2) is 12.2 Å². The summed E-state index contributed by atoms with van der Waals surface area (Å²) in [6, 6.07) is 0. The molecule has 43 valence electrons. The largest absolute Gasteiger partial charge is 0.316 e. The van der Waals surface area contributed by atoms with Crippen LogP contribution < -0.4 is 5.32 Å². The standard InChI is InChI=1S/C5H6NO2/c1-4(2)5(8)6-3-7/h1H2,2H3,(H,6,7,8). The fourth-order valence-electron chi connectivity index (χ4n) is 0.153. The molecule has 0 aromatic heterocycles. The molecule has 0 aliphatic carbocycles. The highest BCUT2D eigenvalue weighted by atomic mass is 16.2. The molecule has 8 heavy (non-hydrogen) atoms. The molecular formula is C5H6NO2. The Balaban J connectivity index is 3.65. The lowest BCUT2D eigenvalue weighted by atomic mass is 10.3. The average molecular weight is 112 g/mol. The van der Waals surface area contributed by atoms with Crippen LogP contribution in [-0.2, 0) is 9.59 Å². The van der Waals surface area contributed by atoms with E-state index in [2.05, 4.69) is 6.58 Å². The van der Waals surface area contributed by atoms with Gasteiger partial charge in [0.2, 0.25) is 0 Å². The van der Waals surface area contributed by atoms with Crippen molar-refractivity contribution < 1.29 is 9.59 Å². The van der Waals surface area contributed by atoms with Gasteiger partial charge >= 0.3 is 6.41 Å². The Bertz CT molecular complexity index is 128. The number of nitrogens with one attached hydrogen (secondary N) is 1. The van der Waals surface area contributed by atoms with Gasteiger partial charge in [-0.15, -0.1) is 0 Å².